The van der Waals surface area contributed by atoms with Gasteiger partial charge in [-0.3, -0.25) is 9.48 Å². The molecule has 0 saturated carbocycles. The van der Waals surface area contributed by atoms with Gasteiger partial charge in [0.2, 0.25) is 5.91 Å². The number of rotatable bonds is 8. The van der Waals surface area contributed by atoms with E-state index in [9.17, 15) is 4.79 Å². The quantitative estimate of drug-likeness (QED) is 0.813. The van der Waals surface area contributed by atoms with Crippen LogP contribution >= 0.6 is 0 Å². The second-order valence-electron chi connectivity index (χ2n) is 5.70. The summed E-state index contributed by atoms with van der Waals surface area (Å²) in [6.45, 7) is 4.83. The number of ether oxygens (including phenoxy) is 1. The topological polar surface area (TPSA) is 56.2 Å². The number of nitrogens with one attached hydrogen (secondary N) is 1. The molecule has 1 amide bonds. The number of aromatic nitrogens is 2. The predicted octanol–water partition coefficient (Wildman–Crippen LogP) is 3.25. The first-order valence-electron chi connectivity index (χ1n) is 8.08. The summed E-state index contributed by atoms with van der Waals surface area (Å²) in [5.74, 6) is 0.954. The van der Waals surface area contributed by atoms with Gasteiger partial charge < -0.3 is 10.1 Å². The van der Waals surface area contributed by atoms with Crippen molar-refractivity contribution in [1.82, 2.24) is 15.1 Å². The molecule has 0 aliphatic carbocycles. The molecule has 0 aliphatic heterocycles. The van der Waals surface area contributed by atoms with E-state index in [1.165, 1.54) is 0 Å². The molecule has 2 rings (SSSR count). The third kappa shape index (κ3) is 5.13. The number of nitrogens with zero attached hydrogens (tertiary/aromatic N) is 2. The van der Waals surface area contributed by atoms with Crippen LogP contribution in [0.4, 0.5) is 0 Å². The van der Waals surface area contributed by atoms with E-state index in [-0.39, 0.29) is 11.9 Å². The van der Waals surface area contributed by atoms with Crippen molar-refractivity contribution in [2.75, 3.05) is 7.11 Å². The summed E-state index contributed by atoms with van der Waals surface area (Å²) in [6, 6.07) is 8.14. The van der Waals surface area contributed by atoms with Gasteiger partial charge in [0.05, 0.1) is 13.3 Å². The number of methoxy groups -OCH3 is 1. The van der Waals surface area contributed by atoms with Crippen molar-refractivity contribution in [3.8, 4) is 16.9 Å². The van der Waals surface area contributed by atoms with Crippen LogP contribution in [-0.2, 0) is 11.3 Å². The lowest BCUT2D eigenvalue weighted by Gasteiger charge is -2.10. The largest absolute Gasteiger partial charge is 0.497 e. The molecule has 1 N–H and O–H groups in total. The molecule has 1 atom stereocenters. The zero-order chi connectivity index (χ0) is 16.7. The van der Waals surface area contributed by atoms with Crippen molar-refractivity contribution in [2.24, 2.45) is 0 Å². The van der Waals surface area contributed by atoms with Crippen molar-refractivity contribution in [3.63, 3.8) is 0 Å². The third-order valence-electron chi connectivity index (χ3n) is 3.87. The van der Waals surface area contributed by atoms with Crippen molar-refractivity contribution in [3.05, 3.63) is 36.7 Å². The SMILES string of the molecule is CC[C@@H](C)NC(=O)CCCn1cc(-c2ccc(OC)cc2)cn1. The van der Waals surface area contributed by atoms with Gasteiger partial charge in [0, 0.05) is 30.8 Å². The fourth-order valence-electron chi connectivity index (χ4n) is 2.27. The Bertz CT molecular complexity index is 619. The van der Waals surface area contributed by atoms with Crippen molar-refractivity contribution in [2.45, 2.75) is 45.7 Å². The second kappa shape index (κ2) is 8.36. The smallest absolute Gasteiger partial charge is 0.220 e. The van der Waals surface area contributed by atoms with Crippen LogP contribution in [0.2, 0.25) is 0 Å². The number of amides is 1. The van der Waals surface area contributed by atoms with Crippen LogP contribution in [-0.4, -0.2) is 28.8 Å². The number of hydrogen-bond acceptors (Lipinski definition) is 3. The van der Waals surface area contributed by atoms with E-state index in [1.54, 1.807) is 7.11 Å². The average molecular weight is 315 g/mol. The summed E-state index contributed by atoms with van der Waals surface area (Å²) < 4.78 is 7.05. The van der Waals surface area contributed by atoms with E-state index in [2.05, 4.69) is 17.3 Å². The van der Waals surface area contributed by atoms with Crippen LogP contribution in [0.25, 0.3) is 11.1 Å². The molecular weight excluding hydrogens is 290 g/mol. The molecule has 0 fully saturated rings. The van der Waals surface area contributed by atoms with Crippen LogP contribution in [0.15, 0.2) is 36.7 Å². The van der Waals surface area contributed by atoms with Gasteiger partial charge in [-0.05, 0) is 37.5 Å². The van der Waals surface area contributed by atoms with Crippen molar-refractivity contribution in [1.29, 1.82) is 0 Å². The van der Waals surface area contributed by atoms with Gasteiger partial charge in [-0.25, -0.2) is 0 Å². The van der Waals surface area contributed by atoms with E-state index in [1.807, 2.05) is 48.3 Å². The Morgan fingerprint density at radius 3 is 2.70 bits per heavy atom. The Balaban J connectivity index is 1.83. The summed E-state index contributed by atoms with van der Waals surface area (Å²) >= 11 is 0. The van der Waals surface area contributed by atoms with Crippen molar-refractivity contribution < 1.29 is 9.53 Å². The van der Waals surface area contributed by atoms with Gasteiger partial charge in [0.15, 0.2) is 0 Å². The van der Waals surface area contributed by atoms with Gasteiger partial charge in [-0.2, -0.15) is 5.10 Å². The number of benzene rings is 1. The Morgan fingerprint density at radius 2 is 2.04 bits per heavy atom. The van der Waals surface area contributed by atoms with E-state index in [4.69, 9.17) is 4.74 Å². The molecule has 0 bridgehead atoms. The van der Waals surface area contributed by atoms with Gasteiger partial charge >= 0.3 is 0 Å². The Labute approximate surface area is 137 Å². The van der Waals surface area contributed by atoms with E-state index in [0.29, 0.717) is 6.42 Å². The molecule has 5 heteroatoms. The first-order chi connectivity index (χ1) is 11.1. The van der Waals surface area contributed by atoms with E-state index in [0.717, 1.165) is 36.3 Å². The Hall–Kier alpha value is -2.30. The van der Waals surface area contributed by atoms with Gasteiger partial charge in [-0.1, -0.05) is 19.1 Å². The summed E-state index contributed by atoms with van der Waals surface area (Å²) in [7, 11) is 1.66. The van der Waals surface area contributed by atoms with Gasteiger partial charge in [-0.15, -0.1) is 0 Å². The lowest BCUT2D eigenvalue weighted by Crippen LogP contribution is -2.31. The van der Waals surface area contributed by atoms with Crippen LogP contribution in [0.3, 0.4) is 0 Å². The summed E-state index contributed by atoms with van der Waals surface area (Å²) in [5.41, 5.74) is 2.17. The van der Waals surface area contributed by atoms with Crippen LogP contribution in [0.1, 0.15) is 33.1 Å². The number of hydrogen-bond donors (Lipinski definition) is 1. The molecule has 23 heavy (non-hydrogen) atoms. The van der Waals surface area contributed by atoms with Crippen LogP contribution in [0.5, 0.6) is 5.75 Å². The molecule has 1 heterocycles. The highest BCUT2D eigenvalue weighted by atomic mass is 16.5. The highest BCUT2D eigenvalue weighted by Gasteiger charge is 2.06. The minimum atomic E-state index is 0.113. The Morgan fingerprint density at radius 1 is 1.30 bits per heavy atom. The Kier molecular flexibility index (Phi) is 6.20. The molecular formula is C18H25N3O2. The zero-order valence-electron chi connectivity index (χ0n) is 14.1. The maximum atomic E-state index is 11.7. The molecule has 1 aromatic heterocycles. The maximum Gasteiger partial charge on any atom is 0.220 e. The van der Waals surface area contributed by atoms with Crippen LogP contribution < -0.4 is 10.1 Å². The average Bonchev–Trinajstić information content (AvgIpc) is 3.03. The van der Waals surface area contributed by atoms with Crippen molar-refractivity contribution >= 4 is 5.91 Å². The third-order valence-corrected chi connectivity index (χ3v) is 3.87. The maximum absolute atomic E-state index is 11.7. The van der Waals surface area contributed by atoms with Gasteiger partial charge in [0.1, 0.15) is 5.75 Å². The minimum absolute atomic E-state index is 0.113. The second-order valence-corrected chi connectivity index (χ2v) is 5.70. The predicted molar refractivity (Wildman–Crippen MR) is 91.3 cm³/mol. The number of carbonyl (C=O) groups excluding carboxylic acids is 1. The highest BCUT2D eigenvalue weighted by molar-refractivity contribution is 5.76. The molecule has 0 saturated heterocycles. The van der Waals surface area contributed by atoms with Crippen LogP contribution in [0, 0.1) is 0 Å². The summed E-state index contributed by atoms with van der Waals surface area (Å²) in [4.78, 5) is 11.7. The molecule has 0 radical (unpaired) electrons. The van der Waals surface area contributed by atoms with Gasteiger partial charge in [0.25, 0.3) is 0 Å². The van der Waals surface area contributed by atoms with E-state index >= 15 is 0 Å². The molecule has 0 aliphatic rings. The normalized spacial score (nSPS) is 12.0. The molecule has 1 aromatic carbocycles. The lowest BCUT2D eigenvalue weighted by atomic mass is 10.1. The molecule has 0 unspecified atom stereocenters. The fourth-order valence-corrected chi connectivity index (χ4v) is 2.27. The summed E-state index contributed by atoms with van der Waals surface area (Å²) in [6.07, 6.45) is 6.12. The molecule has 2 aromatic rings. The minimum Gasteiger partial charge on any atom is -0.497 e. The zero-order valence-corrected chi connectivity index (χ0v) is 14.1. The summed E-state index contributed by atoms with van der Waals surface area (Å²) in [5, 5.41) is 7.34. The number of carbonyl (C=O) groups is 1. The molecule has 0 spiro atoms. The fraction of sp³-hybridized carbons (Fsp3) is 0.444. The monoisotopic (exact) mass is 315 g/mol. The standard InChI is InChI=1S/C18H25N3O2/c1-4-14(2)20-18(22)6-5-11-21-13-16(12-19-21)15-7-9-17(23-3)10-8-15/h7-10,12-14H,4-6,11H2,1-3H3,(H,20,22)/t14-/m1/s1. The molecule has 5 nitrogen and oxygen atoms in total. The highest BCUT2D eigenvalue weighted by Crippen LogP contribution is 2.21. The molecule has 124 valence electrons. The number of aryl methyl sites for hydroxylation is 1. The lowest BCUT2D eigenvalue weighted by molar-refractivity contribution is -0.121. The van der Waals surface area contributed by atoms with E-state index < -0.39 is 0 Å². The first kappa shape index (κ1) is 17.1. The first-order valence-corrected chi connectivity index (χ1v) is 8.08.